The number of amides is 1. The number of likely N-dealkylation sites (tertiary alicyclic amines) is 1. The molecule has 4 nitrogen and oxygen atoms in total. The fourth-order valence-corrected chi connectivity index (χ4v) is 3.54. The molecule has 1 unspecified atom stereocenters. The Kier molecular flexibility index (Phi) is 5.92. The number of nitrogens with zero attached hydrogens (tertiary/aromatic N) is 2. The van der Waals surface area contributed by atoms with Gasteiger partial charge in [0.2, 0.25) is 5.91 Å². The summed E-state index contributed by atoms with van der Waals surface area (Å²) in [6.45, 7) is 6.15. The van der Waals surface area contributed by atoms with Gasteiger partial charge in [-0.15, -0.1) is 0 Å². The van der Waals surface area contributed by atoms with E-state index in [2.05, 4.69) is 17.0 Å². The van der Waals surface area contributed by atoms with E-state index in [0.29, 0.717) is 18.2 Å². The standard InChI is InChI=1S/C18H25ClN2O2/c19-17-3-1-15(2-4-17)13-16-5-8-21(14-16)18(22)6-7-20-9-11-23-12-10-20/h1-4,16H,5-14H2. The number of hydrogen-bond donors (Lipinski definition) is 0. The number of benzene rings is 1. The highest BCUT2D eigenvalue weighted by Gasteiger charge is 2.26. The van der Waals surface area contributed by atoms with Gasteiger partial charge in [0.25, 0.3) is 0 Å². The molecule has 5 heteroatoms. The second-order valence-electron chi connectivity index (χ2n) is 6.53. The maximum atomic E-state index is 12.4. The Hall–Kier alpha value is -1.10. The zero-order chi connectivity index (χ0) is 16.1. The van der Waals surface area contributed by atoms with Crippen LogP contribution in [0.25, 0.3) is 0 Å². The molecule has 0 aromatic heterocycles. The van der Waals surface area contributed by atoms with Gasteiger partial charge in [-0.25, -0.2) is 0 Å². The van der Waals surface area contributed by atoms with Crippen LogP contribution in [0.15, 0.2) is 24.3 Å². The van der Waals surface area contributed by atoms with Gasteiger partial charge in [-0.05, 0) is 36.5 Å². The number of rotatable bonds is 5. The second kappa shape index (κ2) is 8.13. The van der Waals surface area contributed by atoms with Crippen molar-refractivity contribution in [3.63, 3.8) is 0 Å². The molecule has 23 heavy (non-hydrogen) atoms. The van der Waals surface area contributed by atoms with E-state index in [1.807, 2.05) is 17.0 Å². The summed E-state index contributed by atoms with van der Waals surface area (Å²) >= 11 is 5.93. The SMILES string of the molecule is O=C(CCN1CCOCC1)N1CCC(Cc2ccc(Cl)cc2)C1. The molecule has 0 bridgehead atoms. The van der Waals surface area contributed by atoms with Crippen LogP contribution in [0.4, 0.5) is 0 Å². The van der Waals surface area contributed by atoms with Gasteiger partial charge in [-0.1, -0.05) is 23.7 Å². The summed E-state index contributed by atoms with van der Waals surface area (Å²) in [5.41, 5.74) is 1.31. The van der Waals surface area contributed by atoms with E-state index in [1.54, 1.807) is 0 Å². The van der Waals surface area contributed by atoms with Gasteiger partial charge in [-0.3, -0.25) is 9.69 Å². The van der Waals surface area contributed by atoms with Crippen LogP contribution in [0.3, 0.4) is 0 Å². The van der Waals surface area contributed by atoms with Crippen molar-refractivity contribution >= 4 is 17.5 Å². The molecule has 1 aromatic rings. The lowest BCUT2D eigenvalue weighted by atomic mass is 9.99. The molecule has 2 aliphatic rings. The van der Waals surface area contributed by atoms with Crippen molar-refractivity contribution in [2.45, 2.75) is 19.3 Å². The fourth-order valence-electron chi connectivity index (χ4n) is 3.42. The van der Waals surface area contributed by atoms with E-state index < -0.39 is 0 Å². The fraction of sp³-hybridized carbons (Fsp3) is 0.611. The lowest BCUT2D eigenvalue weighted by molar-refractivity contribution is -0.130. The van der Waals surface area contributed by atoms with Gasteiger partial charge in [-0.2, -0.15) is 0 Å². The highest BCUT2D eigenvalue weighted by Crippen LogP contribution is 2.22. The van der Waals surface area contributed by atoms with E-state index in [1.165, 1.54) is 5.56 Å². The molecule has 2 fully saturated rings. The van der Waals surface area contributed by atoms with Crippen molar-refractivity contribution in [2.24, 2.45) is 5.92 Å². The van der Waals surface area contributed by atoms with Crippen LogP contribution in [0.2, 0.25) is 5.02 Å². The van der Waals surface area contributed by atoms with Crippen molar-refractivity contribution in [3.8, 4) is 0 Å². The summed E-state index contributed by atoms with van der Waals surface area (Å²) in [6, 6.07) is 8.06. The zero-order valence-electron chi connectivity index (χ0n) is 13.5. The Morgan fingerprint density at radius 2 is 1.91 bits per heavy atom. The summed E-state index contributed by atoms with van der Waals surface area (Å²) in [6.07, 6.45) is 2.77. The molecule has 0 saturated carbocycles. The maximum Gasteiger partial charge on any atom is 0.223 e. The van der Waals surface area contributed by atoms with Gasteiger partial charge in [0.15, 0.2) is 0 Å². The first kappa shape index (κ1) is 16.7. The number of carbonyl (C=O) groups is 1. The minimum absolute atomic E-state index is 0.301. The van der Waals surface area contributed by atoms with E-state index in [9.17, 15) is 4.79 Å². The summed E-state index contributed by atoms with van der Waals surface area (Å²) in [5.74, 6) is 0.874. The molecule has 2 aliphatic heterocycles. The number of carbonyl (C=O) groups excluding carboxylic acids is 1. The van der Waals surface area contributed by atoms with Crippen molar-refractivity contribution in [3.05, 3.63) is 34.9 Å². The summed E-state index contributed by atoms with van der Waals surface area (Å²) in [4.78, 5) is 16.7. The van der Waals surface area contributed by atoms with Crippen LogP contribution in [0, 0.1) is 5.92 Å². The molecule has 0 radical (unpaired) electrons. The van der Waals surface area contributed by atoms with Crippen LogP contribution in [0.1, 0.15) is 18.4 Å². The first-order valence-corrected chi connectivity index (χ1v) is 8.91. The minimum atomic E-state index is 0.301. The largest absolute Gasteiger partial charge is 0.379 e. The molecule has 3 rings (SSSR count). The van der Waals surface area contributed by atoms with E-state index in [0.717, 1.165) is 63.8 Å². The molecule has 1 atom stereocenters. The zero-order valence-corrected chi connectivity index (χ0v) is 14.3. The molecule has 2 heterocycles. The summed E-state index contributed by atoms with van der Waals surface area (Å²) < 4.78 is 5.34. The van der Waals surface area contributed by atoms with Crippen LogP contribution in [0.5, 0.6) is 0 Å². The predicted molar refractivity (Wildman–Crippen MR) is 91.7 cm³/mol. The highest BCUT2D eigenvalue weighted by atomic mass is 35.5. The Morgan fingerprint density at radius 3 is 2.65 bits per heavy atom. The maximum absolute atomic E-state index is 12.4. The van der Waals surface area contributed by atoms with E-state index in [4.69, 9.17) is 16.3 Å². The van der Waals surface area contributed by atoms with Crippen molar-refractivity contribution in [2.75, 3.05) is 45.9 Å². The van der Waals surface area contributed by atoms with Gasteiger partial charge in [0.1, 0.15) is 0 Å². The molecule has 0 N–H and O–H groups in total. The minimum Gasteiger partial charge on any atom is -0.379 e. The first-order valence-electron chi connectivity index (χ1n) is 8.53. The Bertz CT molecular complexity index is 514. The second-order valence-corrected chi connectivity index (χ2v) is 6.97. The summed E-state index contributed by atoms with van der Waals surface area (Å²) in [7, 11) is 0. The van der Waals surface area contributed by atoms with Crippen LogP contribution in [-0.2, 0) is 16.0 Å². The lowest BCUT2D eigenvalue weighted by Crippen LogP contribution is -2.39. The van der Waals surface area contributed by atoms with Crippen LogP contribution in [-0.4, -0.2) is 61.6 Å². The van der Waals surface area contributed by atoms with Gasteiger partial charge in [0.05, 0.1) is 13.2 Å². The normalized spacial score (nSPS) is 22.5. The molecule has 1 amide bonds. The van der Waals surface area contributed by atoms with Crippen molar-refractivity contribution in [1.82, 2.24) is 9.80 Å². The summed E-state index contributed by atoms with van der Waals surface area (Å²) in [5, 5.41) is 0.778. The van der Waals surface area contributed by atoms with Crippen LogP contribution < -0.4 is 0 Å². The Balaban J connectivity index is 1.41. The van der Waals surface area contributed by atoms with Crippen molar-refractivity contribution in [1.29, 1.82) is 0 Å². The molecule has 126 valence electrons. The van der Waals surface area contributed by atoms with Gasteiger partial charge < -0.3 is 9.64 Å². The predicted octanol–water partition coefficient (Wildman–Crippen LogP) is 2.45. The molecule has 2 saturated heterocycles. The molecule has 0 aliphatic carbocycles. The van der Waals surface area contributed by atoms with Gasteiger partial charge in [0, 0.05) is 44.2 Å². The smallest absolute Gasteiger partial charge is 0.223 e. The number of morpholine rings is 1. The topological polar surface area (TPSA) is 32.8 Å². The average molecular weight is 337 g/mol. The van der Waals surface area contributed by atoms with Gasteiger partial charge >= 0.3 is 0 Å². The Labute approximate surface area is 143 Å². The highest BCUT2D eigenvalue weighted by molar-refractivity contribution is 6.30. The third-order valence-corrected chi connectivity index (χ3v) is 5.07. The number of hydrogen-bond acceptors (Lipinski definition) is 3. The van der Waals surface area contributed by atoms with E-state index >= 15 is 0 Å². The first-order chi connectivity index (χ1) is 11.2. The third-order valence-electron chi connectivity index (χ3n) is 4.82. The Morgan fingerprint density at radius 1 is 1.17 bits per heavy atom. The third kappa shape index (κ3) is 4.93. The van der Waals surface area contributed by atoms with Crippen LogP contribution >= 0.6 is 11.6 Å². The van der Waals surface area contributed by atoms with E-state index in [-0.39, 0.29) is 0 Å². The monoisotopic (exact) mass is 336 g/mol. The number of ether oxygens (including phenoxy) is 1. The van der Waals surface area contributed by atoms with Crippen molar-refractivity contribution < 1.29 is 9.53 Å². The molecule has 0 spiro atoms. The lowest BCUT2D eigenvalue weighted by Gasteiger charge is -2.27. The quantitative estimate of drug-likeness (QED) is 0.828. The average Bonchev–Trinajstić information content (AvgIpc) is 3.04. The molecule has 1 aromatic carbocycles. The molecular weight excluding hydrogens is 312 g/mol. The number of halogens is 1. The molecular formula is C18H25ClN2O2.